The maximum atomic E-state index is 5.83. The molecule has 0 aliphatic heterocycles. The molecule has 1 atom stereocenters. The second-order valence-corrected chi connectivity index (χ2v) is 3.82. The zero-order chi connectivity index (χ0) is 10.4. The number of hydrogen-bond acceptors (Lipinski definition) is 3. The van der Waals surface area contributed by atoms with E-state index in [9.17, 15) is 0 Å². The molecule has 0 spiro atoms. The molecule has 0 aromatic rings. The highest BCUT2D eigenvalue weighted by atomic mass is 16.5. The summed E-state index contributed by atoms with van der Waals surface area (Å²) in [4.78, 5) is 0. The molecule has 1 aliphatic carbocycles. The lowest BCUT2D eigenvalue weighted by molar-refractivity contribution is -0.0776. The Labute approximate surface area is 86.4 Å². The van der Waals surface area contributed by atoms with Crippen molar-refractivity contribution in [3.05, 3.63) is 0 Å². The smallest absolute Gasteiger partial charge is 0.110 e. The first-order valence-electron chi connectivity index (χ1n) is 5.35. The van der Waals surface area contributed by atoms with Crippen LogP contribution in [0.3, 0.4) is 0 Å². The molecule has 0 aromatic heterocycles. The number of nitrogens with one attached hydrogen (secondary N) is 1. The van der Waals surface area contributed by atoms with Crippen molar-refractivity contribution in [2.24, 2.45) is 5.84 Å². The summed E-state index contributed by atoms with van der Waals surface area (Å²) in [7, 11) is 0. The SMILES string of the molecule is C#CC(NN)C1(OCC)CCCCC1. The predicted molar refractivity (Wildman–Crippen MR) is 57.4 cm³/mol. The summed E-state index contributed by atoms with van der Waals surface area (Å²) in [5.74, 6) is 8.14. The molecule has 0 aromatic carbocycles. The fourth-order valence-electron chi connectivity index (χ4n) is 2.31. The van der Waals surface area contributed by atoms with Gasteiger partial charge < -0.3 is 4.74 Å². The van der Waals surface area contributed by atoms with E-state index in [0.717, 1.165) is 12.8 Å². The average Bonchev–Trinajstić information content (AvgIpc) is 2.21. The van der Waals surface area contributed by atoms with Crippen molar-refractivity contribution in [3.8, 4) is 12.3 Å². The highest BCUT2D eigenvalue weighted by molar-refractivity contribution is 5.10. The van der Waals surface area contributed by atoms with Crippen LogP contribution in [0.15, 0.2) is 0 Å². The fraction of sp³-hybridized carbons (Fsp3) is 0.818. The molecule has 1 fully saturated rings. The molecule has 3 N–H and O–H groups in total. The van der Waals surface area contributed by atoms with Crippen LogP contribution in [0.4, 0.5) is 0 Å². The van der Waals surface area contributed by atoms with Crippen LogP contribution < -0.4 is 11.3 Å². The van der Waals surface area contributed by atoms with Crippen LogP contribution in [-0.4, -0.2) is 18.2 Å². The Morgan fingerprint density at radius 3 is 2.57 bits per heavy atom. The summed E-state index contributed by atoms with van der Waals surface area (Å²) >= 11 is 0. The first-order chi connectivity index (χ1) is 6.79. The number of rotatable bonds is 4. The Bertz CT molecular complexity index is 198. The lowest BCUT2D eigenvalue weighted by Gasteiger charge is -2.40. The van der Waals surface area contributed by atoms with E-state index in [4.69, 9.17) is 17.0 Å². The van der Waals surface area contributed by atoms with Crippen LogP contribution >= 0.6 is 0 Å². The summed E-state index contributed by atoms with van der Waals surface area (Å²) in [6, 6.07) is -0.164. The molecular weight excluding hydrogens is 176 g/mol. The minimum Gasteiger partial charge on any atom is -0.373 e. The van der Waals surface area contributed by atoms with Gasteiger partial charge in [-0.2, -0.15) is 0 Å². The molecule has 1 saturated carbocycles. The van der Waals surface area contributed by atoms with Crippen LogP contribution in [0, 0.1) is 12.3 Å². The van der Waals surface area contributed by atoms with Crippen molar-refractivity contribution in [1.82, 2.24) is 5.43 Å². The van der Waals surface area contributed by atoms with Gasteiger partial charge in [0, 0.05) is 6.61 Å². The van der Waals surface area contributed by atoms with Crippen molar-refractivity contribution in [2.75, 3.05) is 6.61 Å². The van der Waals surface area contributed by atoms with Gasteiger partial charge in [-0.25, -0.2) is 5.43 Å². The van der Waals surface area contributed by atoms with Gasteiger partial charge in [0.05, 0.1) is 5.60 Å². The van der Waals surface area contributed by atoms with E-state index < -0.39 is 0 Å². The second kappa shape index (κ2) is 5.35. The molecule has 1 unspecified atom stereocenters. The summed E-state index contributed by atoms with van der Waals surface area (Å²) in [6.45, 7) is 2.69. The van der Waals surface area contributed by atoms with Crippen molar-refractivity contribution in [3.63, 3.8) is 0 Å². The molecule has 0 saturated heterocycles. The lowest BCUT2D eigenvalue weighted by Crippen LogP contribution is -2.55. The normalized spacial score (nSPS) is 22.6. The van der Waals surface area contributed by atoms with Crippen molar-refractivity contribution in [2.45, 2.75) is 50.7 Å². The quantitative estimate of drug-likeness (QED) is 0.403. The largest absolute Gasteiger partial charge is 0.373 e. The van der Waals surface area contributed by atoms with E-state index in [2.05, 4.69) is 11.3 Å². The second-order valence-electron chi connectivity index (χ2n) is 3.82. The molecule has 14 heavy (non-hydrogen) atoms. The number of ether oxygens (including phenoxy) is 1. The van der Waals surface area contributed by atoms with Crippen LogP contribution in [-0.2, 0) is 4.74 Å². The van der Waals surface area contributed by atoms with E-state index in [-0.39, 0.29) is 11.6 Å². The van der Waals surface area contributed by atoms with Gasteiger partial charge in [0.15, 0.2) is 0 Å². The third kappa shape index (κ3) is 2.27. The molecule has 1 aliphatic rings. The Kier molecular flexibility index (Phi) is 4.40. The van der Waals surface area contributed by atoms with Gasteiger partial charge in [0.1, 0.15) is 6.04 Å². The van der Waals surface area contributed by atoms with Crippen LogP contribution in [0.5, 0.6) is 0 Å². The molecular formula is C11H20N2O. The van der Waals surface area contributed by atoms with Crippen molar-refractivity contribution < 1.29 is 4.74 Å². The lowest BCUT2D eigenvalue weighted by atomic mass is 9.79. The van der Waals surface area contributed by atoms with E-state index in [1.165, 1.54) is 19.3 Å². The van der Waals surface area contributed by atoms with Gasteiger partial charge >= 0.3 is 0 Å². The van der Waals surface area contributed by atoms with Gasteiger partial charge in [-0.15, -0.1) is 6.42 Å². The summed E-state index contributed by atoms with van der Waals surface area (Å²) in [5, 5.41) is 0. The highest BCUT2D eigenvalue weighted by Crippen LogP contribution is 2.34. The van der Waals surface area contributed by atoms with E-state index in [1.807, 2.05) is 6.92 Å². The maximum Gasteiger partial charge on any atom is 0.110 e. The summed E-state index contributed by atoms with van der Waals surface area (Å²) < 4.78 is 5.83. The first kappa shape index (κ1) is 11.5. The zero-order valence-electron chi connectivity index (χ0n) is 8.88. The number of nitrogens with two attached hydrogens (primary N) is 1. The molecule has 3 nitrogen and oxygen atoms in total. The van der Waals surface area contributed by atoms with Gasteiger partial charge in [-0.1, -0.05) is 25.2 Å². The van der Waals surface area contributed by atoms with Gasteiger partial charge in [0.2, 0.25) is 0 Å². The summed E-state index contributed by atoms with van der Waals surface area (Å²) in [6.07, 6.45) is 11.1. The molecule has 3 heteroatoms. The van der Waals surface area contributed by atoms with Crippen LogP contribution in [0.1, 0.15) is 39.0 Å². The molecule has 0 radical (unpaired) electrons. The number of hydrogen-bond donors (Lipinski definition) is 2. The Morgan fingerprint density at radius 2 is 2.14 bits per heavy atom. The predicted octanol–water partition coefficient (Wildman–Crippen LogP) is 1.19. The van der Waals surface area contributed by atoms with E-state index in [1.54, 1.807) is 0 Å². The van der Waals surface area contributed by atoms with Gasteiger partial charge in [0.25, 0.3) is 0 Å². The van der Waals surface area contributed by atoms with Gasteiger partial charge in [-0.05, 0) is 19.8 Å². The zero-order valence-corrected chi connectivity index (χ0v) is 8.88. The maximum absolute atomic E-state index is 5.83. The van der Waals surface area contributed by atoms with Crippen LogP contribution in [0.25, 0.3) is 0 Å². The average molecular weight is 196 g/mol. The van der Waals surface area contributed by atoms with Crippen molar-refractivity contribution >= 4 is 0 Å². The third-order valence-corrected chi connectivity index (χ3v) is 2.99. The molecule has 0 heterocycles. The molecule has 0 amide bonds. The van der Waals surface area contributed by atoms with Crippen molar-refractivity contribution in [1.29, 1.82) is 0 Å². The molecule has 0 bridgehead atoms. The standard InChI is InChI=1S/C11H20N2O/c1-3-10(13-12)11(14-4-2)8-6-5-7-9-11/h1,10,13H,4-9,12H2,2H3. The number of hydrazine groups is 1. The fourth-order valence-corrected chi connectivity index (χ4v) is 2.31. The topological polar surface area (TPSA) is 47.3 Å². The minimum absolute atomic E-state index is 0.164. The first-order valence-corrected chi connectivity index (χ1v) is 5.35. The monoisotopic (exact) mass is 196 g/mol. The summed E-state index contributed by atoms with van der Waals surface area (Å²) in [5.41, 5.74) is 2.46. The van der Waals surface area contributed by atoms with Crippen LogP contribution in [0.2, 0.25) is 0 Å². The third-order valence-electron chi connectivity index (χ3n) is 2.99. The van der Waals surface area contributed by atoms with E-state index in [0.29, 0.717) is 6.61 Å². The minimum atomic E-state index is -0.226. The Morgan fingerprint density at radius 1 is 1.50 bits per heavy atom. The Hall–Kier alpha value is -0.560. The Balaban J connectivity index is 2.73. The van der Waals surface area contributed by atoms with E-state index >= 15 is 0 Å². The molecule has 80 valence electrons. The number of terminal acetylenes is 1. The highest BCUT2D eigenvalue weighted by Gasteiger charge is 2.39. The van der Waals surface area contributed by atoms with Gasteiger partial charge in [-0.3, -0.25) is 5.84 Å². The molecule has 1 rings (SSSR count).